The minimum absolute atomic E-state index is 0.282. The van der Waals surface area contributed by atoms with Crippen molar-refractivity contribution in [2.24, 2.45) is 0 Å². The Labute approximate surface area is 76.5 Å². The quantitative estimate of drug-likeness (QED) is 0.644. The zero-order chi connectivity index (χ0) is 9.42. The number of carbonyl (C=O) groups excluding carboxylic acids is 1. The molecule has 70 valence electrons. The fourth-order valence-corrected chi connectivity index (χ4v) is 1.60. The molecular weight excluding hydrogens is 168 g/mol. The number of aromatic nitrogens is 2. The molecule has 0 amide bonds. The molecule has 0 spiro atoms. The summed E-state index contributed by atoms with van der Waals surface area (Å²) in [5.41, 5.74) is 2.54. The van der Waals surface area contributed by atoms with E-state index in [4.69, 9.17) is 4.74 Å². The Morgan fingerprint density at radius 3 is 2.92 bits per heavy atom. The standard InChI is InChI=1S/C9H12N2O2/c1-6(2)11-9-5-13-4-7(9)8(3-12)10-11/h3,6H,4-5H2,1-2H3. The van der Waals surface area contributed by atoms with Crippen LogP contribution < -0.4 is 0 Å². The summed E-state index contributed by atoms with van der Waals surface area (Å²) >= 11 is 0. The Hall–Kier alpha value is -1.16. The number of hydrogen-bond donors (Lipinski definition) is 0. The smallest absolute Gasteiger partial charge is 0.170 e. The maximum atomic E-state index is 10.7. The molecule has 13 heavy (non-hydrogen) atoms. The van der Waals surface area contributed by atoms with Gasteiger partial charge in [0.25, 0.3) is 0 Å². The molecule has 0 fully saturated rings. The monoisotopic (exact) mass is 180 g/mol. The van der Waals surface area contributed by atoms with E-state index in [2.05, 4.69) is 5.10 Å². The van der Waals surface area contributed by atoms with E-state index in [1.54, 1.807) is 0 Å². The summed E-state index contributed by atoms with van der Waals surface area (Å²) in [5, 5.41) is 4.22. The van der Waals surface area contributed by atoms with Crippen molar-refractivity contribution in [1.82, 2.24) is 9.78 Å². The van der Waals surface area contributed by atoms with Crippen molar-refractivity contribution in [2.75, 3.05) is 0 Å². The normalized spacial score (nSPS) is 15.0. The third-order valence-corrected chi connectivity index (χ3v) is 2.24. The molecule has 1 aliphatic rings. The van der Waals surface area contributed by atoms with E-state index in [-0.39, 0.29) is 6.04 Å². The molecule has 2 rings (SSSR count). The highest BCUT2D eigenvalue weighted by molar-refractivity contribution is 5.74. The highest BCUT2D eigenvalue weighted by atomic mass is 16.5. The number of rotatable bonds is 2. The van der Waals surface area contributed by atoms with E-state index in [9.17, 15) is 4.79 Å². The largest absolute Gasteiger partial charge is 0.370 e. The predicted octanol–water partition coefficient (Wildman–Crippen LogP) is 1.31. The van der Waals surface area contributed by atoms with Gasteiger partial charge in [-0.15, -0.1) is 0 Å². The van der Waals surface area contributed by atoms with Crippen LogP contribution in [0.15, 0.2) is 0 Å². The second-order valence-corrected chi connectivity index (χ2v) is 3.46. The molecular formula is C9H12N2O2. The molecule has 0 saturated heterocycles. The second kappa shape index (κ2) is 2.96. The lowest BCUT2D eigenvalue weighted by molar-refractivity contribution is 0.110. The van der Waals surface area contributed by atoms with Gasteiger partial charge in [0, 0.05) is 11.6 Å². The van der Waals surface area contributed by atoms with Gasteiger partial charge in [-0.3, -0.25) is 9.48 Å². The second-order valence-electron chi connectivity index (χ2n) is 3.46. The molecule has 0 radical (unpaired) electrons. The molecule has 1 aromatic rings. The van der Waals surface area contributed by atoms with Gasteiger partial charge in [0.1, 0.15) is 5.69 Å². The topological polar surface area (TPSA) is 44.1 Å². The zero-order valence-corrected chi connectivity index (χ0v) is 7.78. The van der Waals surface area contributed by atoms with Gasteiger partial charge >= 0.3 is 0 Å². The molecule has 0 aliphatic carbocycles. The van der Waals surface area contributed by atoms with Gasteiger partial charge in [-0.05, 0) is 13.8 Å². The van der Waals surface area contributed by atoms with Crippen molar-refractivity contribution in [1.29, 1.82) is 0 Å². The van der Waals surface area contributed by atoms with E-state index < -0.39 is 0 Å². The van der Waals surface area contributed by atoms with Crippen LogP contribution in [-0.4, -0.2) is 16.1 Å². The Balaban J connectivity index is 2.53. The van der Waals surface area contributed by atoms with Crippen LogP contribution in [0.2, 0.25) is 0 Å². The first-order chi connectivity index (χ1) is 6.24. The average Bonchev–Trinajstić information content (AvgIpc) is 2.61. The molecule has 0 unspecified atom stereocenters. The molecule has 0 aromatic carbocycles. The maximum absolute atomic E-state index is 10.7. The SMILES string of the molecule is CC(C)n1nc(C=O)c2c1COC2. The van der Waals surface area contributed by atoms with Crippen LogP contribution in [0.1, 0.15) is 41.6 Å². The fourth-order valence-electron chi connectivity index (χ4n) is 1.60. The molecule has 1 aromatic heterocycles. The summed E-state index contributed by atoms with van der Waals surface area (Å²) in [7, 11) is 0. The van der Waals surface area contributed by atoms with Crippen LogP contribution in [0.25, 0.3) is 0 Å². The van der Waals surface area contributed by atoms with Gasteiger partial charge in [-0.25, -0.2) is 0 Å². The van der Waals surface area contributed by atoms with Crippen LogP contribution in [0.3, 0.4) is 0 Å². The first kappa shape index (κ1) is 8.44. The predicted molar refractivity (Wildman–Crippen MR) is 46.5 cm³/mol. The summed E-state index contributed by atoms with van der Waals surface area (Å²) in [4.78, 5) is 10.7. The van der Waals surface area contributed by atoms with E-state index in [0.717, 1.165) is 17.5 Å². The Morgan fingerprint density at radius 2 is 2.31 bits per heavy atom. The first-order valence-electron chi connectivity index (χ1n) is 4.37. The third kappa shape index (κ3) is 1.18. The van der Waals surface area contributed by atoms with Crippen LogP contribution >= 0.6 is 0 Å². The van der Waals surface area contributed by atoms with Crippen molar-refractivity contribution in [2.45, 2.75) is 33.1 Å². The summed E-state index contributed by atoms with van der Waals surface area (Å²) < 4.78 is 7.14. The first-order valence-corrected chi connectivity index (χ1v) is 4.37. The van der Waals surface area contributed by atoms with Gasteiger partial charge in [-0.2, -0.15) is 5.10 Å². The zero-order valence-electron chi connectivity index (χ0n) is 7.78. The maximum Gasteiger partial charge on any atom is 0.170 e. The Morgan fingerprint density at radius 1 is 1.54 bits per heavy atom. The molecule has 0 saturated carbocycles. The van der Waals surface area contributed by atoms with Gasteiger partial charge in [-0.1, -0.05) is 0 Å². The molecule has 4 nitrogen and oxygen atoms in total. The van der Waals surface area contributed by atoms with E-state index in [0.29, 0.717) is 18.9 Å². The van der Waals surface area contributed by atoms with Gasteiger partial charge < -0.3 is 4.74 Å². The lowest BCUT2D eigenvalue weighted by atomic mass is 10.2. The van der Waals surface area contributed by atoms with Crippen LogP contribution in [0.4, 0.5) is 0 Å². The van der Waals surface area contributed by atoms with Crippen molar-refractivity contribution < 1.29 is 9.53 Å². The van der Waals surface area contributed by atoms with Crippen LogP contribution in [0, 0.1) is 0 Å². The summed E-state index contributed by atoms with van der Waals surface area (Å²) in [6.07, 6.45) is 0.798. The van der Waals surface area contributed by atoms with Crippen molar-refractivity contribution in [3.63, 3.8) is 0 Å². The highest BCUT2D eigenvalue weighted by Crippen LogP contribution is 2.24. The fraction of sp³-hybridized carbons (Fsp3) is 0.556. The number of hydrogen-bond acceptors (Lipinski definition) is 3. The molecule has 2 heterocycles. The number of nitrogens with zero attached hydrogens (tertiary/aromatic N) is 2. The average molecular weight is 180 g/mol. The number of ether oxygens (including phenoxy) is 1. The minimum Gasteiger partial charge on any atom is -0.370 e. The molecule has 4 heteroatoms. The van der Waals surface area contributed by atoms with Gasteiger partial charge in [0.05, 0.1) is 18.9 Å². The summed E-state index contributed by atoms with van der Waals surface area (Å²) in [6.45, 7) is 5.19. The van der Waals surface area contributed by atoms with Crippen molar-refractivity contribution >= 4 is 6.29 Å². The van der Waals surface area contributed by atoms with E-state index >= 15 is 0 Å². The number of carbonyl (C=O) groups is 1. The summed E-state index contributed by atoms with van der Waals surface area (Å²) in [6, 6.07) is 0.282. The molecule has 0 N–H and O–H groups in total. The van der Waals surface area contributed by atoms with Gasteiger partial charge in [0.2, 0.25) is 0 Å². The van der Waals surface area contributed by atoms with Crippen molar-refractivity contribution in [3.05, 3.63) is 17.0 Å². The van der Waals surface area contributed by atoms with Crippen molar-refractivity contribution in [3.8, 4) is 0 Å². The lowest BCUT2D eigenvalue weighted by Gasteiger charge is -2.07. The molecule has 1 aliphatic heterocycles. The summed E-state index contributed by atoms with van der Waals surface area (Å²) in [5.74, 6) is 0. The van der Waals surface area contributed by atoms with Crippen LogP contribution in [-0.2, 0) is 18.0 Å². The van der Waals surface area contributed by atoms with E-state index in [1.807, 2.05) is 18.5 Å². The minimum atomic E-state index is 0.282. The number of fused-ring (bicyclic) bond motifs is 1. The molecule has 0 atom stereocenters. The van der Waals surface area contributed by atoms with E-state index in [1.165, 1.54) is 0 Å². The van der Waals surface area contributed by atoms with Crippen LogP contribution in [0.5, 0.6) is 0 Å². The number of aldehydes is 1. The molecule has 0 bridgehead atoms. The Kier molecular flexibility index (Phi) is 1.92. The lowest BCUT2D eigenvalue weighted by Crippen LogP contribution is -2.07. The Bertz CT molecular complexity index is 342. The third-order valence-electron chi connectivity index (χ3n) is 2.24. The van der Waals surface area contributed by atoms with Gasteiger partial charge in [0.15, 0.2) is 6.29 Å². The highest BCUT2D eigenvalue weighted by Gasteiger charge is 2.23.